The first-order chi connectivity index (χ1) is 12.8. The van der Waals surface area contributed by atoms with E-state index in [1.165, 1.54) is 5.69 Å². The number of pyridine rings is 1. The Morgan fingerprint density at radius 2 is 2.00 bits per heavy atom. The summed E-state index contributed by atoms with van der Waals surface area (Å²) in [6, 6.07) is 4.19. The number of ether oxygens (including phenoxy) is 1. The molecule has 2 aliphatic rings. The minimum absolute atomic E-state index is 0.460. The number of halogens is 3. The Hall–Kier alpha value is -2.40. The largest absolute Gasteiger partial charge is 0.490 e. The summed E-state index contributed by atoms with van der Waals surface area (Å²) in [5, 5.41) is 15.1. The van der Waals surface area contributed by atoms with Crippen molar-refractivity contribution in [1.82, 2.24) is 19.9 Å². The van der Waals surface area contributed by atoms with Gasteiger partial charge in [0.25, 0.3) is 0 Å². The van der Waals surface area contributed by atoms with Crippen molar-refractivity contribution in [2.24, 2.45) is 0 Å². The summed E-state index contributed by atoms with van der Waals surface area (Å²) < 4.78 is 39.0. The van der Waals surface area contributed by atoms with E-state index in [-0.39, 0.29) is 0 Å². The molecular weight excluding hydrogens is 367 g/mol. The smallest absolute Gasteiger partial charge is 0.475 e. The zero-order valence-electron chi connectivity index (χ0n) is 14.4. The number of hydrogen-bond donors (Lipinski definition) is 2. The maximum absolute atomic E-state index is 10.6. The van der Waals surface area contributed by atoms with Crippen molar-refractivity contribution in [3.63, 3.8) is 0 Å². The molecule has 27 heavy (non-hydrogen) atoms. The van der Waals surface area contributed by atoms with Gasteiger partial charge in [-0.05, 0) is 25.1 Å². The van der Waals surface area contributed by atoms with Gasteiger partial charge in [0.2, 0.25) is 0 Å². The number of carboxylic acid groups (broad SMARTS) is 1. The summed E-state index contributed by atoms with van der Waals surface area (Å²) in [6.45, 7) is 5.55. The summed E-state index contributed by atoms with van der Waals surface area (Å²) in [7, 11) is 0. The Bertz CT molecular complexity index is 783. The molecule has 2 fully saturated rings. The van der Waals surface area contributed by atoms with Crippen LogP contribution in [0.3, 0.4) is 0 Å². The number of carboxylic acids is 1. The van der Waals surface area contributed by atoms with Gasteiger partial charge < -0.3 is 20.1 Å². The first kappa shape index (κ1) is 19.4. The average molecular weight is 387 g/mol. The van der Waals surface area contributed by atoms with Crippen LogP contribution in [0.2, 0.25) is 0 Å². The maximum Gasteiger partial charge on any atom is 0.490 e. The maximum atomic E-state index is 10.6. The van der Waals surface area contributed by atoms with Crippen LogP contribution in [0.15, 0.2) is 18.3 Å². The summed E-state index contributed by atoms with van der Waals surface area (Å²) in [5.74, 6) is -1.33. The second-order valence-electron chi connectivity index (χ2n) is 6.25. The fourth-order valence-electron chi connectivity index (χ4n) is 2.95. The SMILES string of the molecule is O=C(O)C(F)(F)F.c1cc2nc(C3CCNC3)nn2cc1N1CCOCC1. The number of rotatable bonds is 2. The zero-order chi connectivity index (χ0) is 19.4. The van der Waals surface area contributed by atoms with E-state index in [1.54, 1.807) is 0 Å². The number of nitrogens with zero attached hydrogens (tertiary/aromatic N) is 4. The van der Waals surface area contributed by atoms with Crippen LogP contribution in [0.4, 0.5) is 18.9 Å². The highest BCUT2D eigenvalue weighted by Crippen LogP contribution is 2.21. The Labute approximate surface area is 152 Å². The van der Waals surface area contributed by atoms with E-state index in [0.29, 0.717) is 5.92 Å². The van der Waals surface area contributed by atoms with E-state index in [2.05, 4.69) is 38.6 Å². The normalized spacial score (nSPS) is 20.4. The van der Waals surface area contributed by atoms with Crippen LogP contribution in [-0.4, -0.2) is 71.2 Å². The molecule has 2 saturated heterocycles. The van der Waals surface area contributed by atoms with Crippen LogP contribution in [0.1, 0.15) is 18.2 Å². The van der Waals surface area contributed by atoms with Crippen LogP contribution in [0.5, 0.6) is 0 Å². The number of morpholine rings is 1. The van der Waals surface area contributed by atoms with Crippen molar-refractivity contribution in [3.8, 4) is 0 Å². The number of nitrogens with one attached hydrogen (secondary N) is 1. The van der Waals surface area contributed by atoms with Crippen molar-refractivity contribution < 1.29 is 27.8 Å². The molecule has 0 amide bonds. The molecule has 4 heterocycles. The molecule has 0 saturated carbocycles. The van der Waals surface area contributed by atoms with Gasteiger partial charge in [0.15, 0.2) is 11.5 Å². The van der Waals surface area contributed by atoms with Gasteiger partial charge in [-0.15, -0.1) is 0 Å². The van der Waals surface area contributed by atoms with Crippen LogP contribution in [-0.2, 0) is 9.53 Å². The fourth-order valence-corrected chi connectivity index (χ4v) is 2.95. The Balaban J connectivity index is 0.000000260. The summed E-state index contributed by atoms with van der Waals surface area (Å²) in [6.07, 6.45) is -1.87. The molecule has 11 heteroatoms. The molecule has 148 valence electrons. The Kier molecular flexibility index (Phi) is 5.80. The molecule has 0 radical (unpaired) electrons. The molecule has 2 aliphatic heterocycles. The minimum atomic E-state index is -5.08. The molecule has 2 N–H and O–H groups in total. The molecule has 0 aromatic carbocycles. The lowest BCUT2D eigenvalue weighted by atomic mass is 10.1. The lowest BCUT2D eigenvalue weighted by Crippen LogP contribution is -2.36. The Morgan fingerprint density at radius 3 is 2.59 bits per heavy atom. The van der Waals surface area contributed by atoms with Gasteiger partial charge in [-0.1, -0.05) is 0 Å². The van der Waals surface area contributed by atoms with Crippen molar-refractivity contribution in [2.45, 2.75) is 18.5 Å². The van der Waals surface area contributed by atoms with Gasteiger partial charge >= 0.3 is 12.1 Å². The van der Waals surface area contributed by atoms with Gasteiger partial charge in [-0.25, -0.2) is 14.3 Å². The number of aromatic nitrogens is 3. The molecule has 4 rings (SSSR count). The highest BCUT2D eigenvalue weighted by atomic mass is 19.4. The Morgan fingerprint density at radius 1 is 1.30 bits per heavy atom. The van der Waals surface area contributed by atoms with Crippen LogP contribution in [0, 0.1) is 0 Å². The van der Waals surface area contributed by atoms with E-state index in [0.717, 1.165) is 57.3 Å². The number of hydrogen-bond acceptors (Lipinski definition) is 6. The van der Waals surface area contributed by atoms with Crippen molar-refractivity contribution in [3.05, 3.63) is 24.2 Å². The predicted molar refractivity (Wildman–Crippen MR) is 89.9 cm³/mol. The third-order valence-electron chi connectivity index (χ3n) is 4.38. The van der Waals surface area contributed by atoms with E-state index in [9.17, 15) is 13.2 Å². The number of fused-ring (bicyclic) bond motifs is 1. The minimum Gasteiger partial charge on any atom is -0.475 e. The molecule has 0 bridgehead atoms. The number of alkyl halides is 3. The fraction of sp³-hybridized carbons (Fsp3) is 0.562. The van der Waals surface area contributed by atoms with Gasteiger partial charge in [0, 0.05) is 25.6 Å². The van der Waals surface area contributed by atoms with E-state index in [1.807, 2.05) is 4.52 Å². The van der Waals surface area contributed by atoms with Crippen LogP contribution >= 0.6 is 0 Å². The van der Waals surface area contributed by atoms with E-state index >= 15 is 0 Å². The van der Waals surface area contributed by atoms with E-state index in [4.69, 9.17) is 14.6 Å². The van der Waals surface area contributed by atoms with Crippen molar-refractivity contribution >= 4 is 17.3 Å². The molecule has 1 unspecified atom stereocenters. The summed E-state index contributed by atoms with van der Waals surface area (Å²) in [5.41, 5.74) is 2.13. The number of carbonyl (C=O) groups is 1. The molecule has 2 aromatic heterocycles. The van der Waals surface area contributed by atoms with Crippen LogP contribution in [0.25, 0.3) is 5.65 Å². The quantitative estimate of drug-likeness (QED) is 0.802. The number of aliphatic carboxylic acids is 1. The van der Waals surface area contributed by atoms with Crippen LogP contribution < -0.4 is 10.2 Å². The van der Waals surface area contributed by atoms with Gasteiger partial charge in [-0.3, -0.25) is 0 Å². The van der Waals surface area contributed by atoms with Gasteiger partial charge in [0.1, 0.15) is 0 Å². The molecular formula is C16H20F3N5O3. The molecule has 0 spiro atoms. The highest BCUT2D eigenvalue weighted by Gasteiger charge is 2.38. The van der Waals surface area contributed by atoms with E-state index < -0.39 is 12.1 Å². The molecule has 1 atom stereocenters. The molecule has 8 nitrogen and oxygen atoms in total. The molecule has 2 aromatic rings. The third-order valence-corrected chi connectivity index (χ3v) is 4.38. The average Bonchev–Trinajstić information content (AvgIpc) is 3.31. The molecule has 0 aliphatic carbocycles. The van der Waals surface area contributed by atoms with Gasteiger partial charge in [-0.2, -0.15) is 18.3 Å². The standard InChI is InChI=1S/C14H19N5O.C2HF3O2/c1-2-13-16-14(11-3-4-15-9-11)17-19(13)10-12(1)18-5-7-20-8-6-18;3-2(4,5)1(6)7/h1-2,10-11,15H,3-9H2;(H,6,7). The second-order valence-corrected chi connectivity index (χ2v) is 6.25. The monoisotopic (exact) mass is 387 g/mol. The summed E-state index contributed by atoms with van der Waals surface area (Å²) >= 11 is 0. The zero-order valence-corrected chi connectivity index (χ0v) is 14.4. The number of anilines is 1. The van der Waals surface area contributed by atoms with Crippen molar-refractivity contribution in [2.75, 3.05) is 44.3 Å². The van der Waals surface area contributed by atoms with Gasteiger partial charge in [0.05, 0.1) is 25.1 Å². The third kappa shape index (κ3) is 4.86. The first-order valence-corrected chi connectivity index (χ1v) is 8.54. The lowest BCUT2D eigenvalue weighted by Gasteiger charge is -2.28. The summed E-state index contributed by atoms with van der Waals surface area (Å²) in [4.78, 5) is 15.9. The first-order valence-electron chi connectivity index (χ1n) is 8.54. The van der Waals surface area contributed by atoms with Crippen molar-refractivity contribution in [1.29, 1.82) is 0 Å². The topological polar surface area (TPSA) is 92.0 Å². The highest BCUT2D eigenvalue weighted by molar-refractivity contribution is 5.73. The lowest BCUT2D eigenvalue weighted by molar-refractivity contribution is -0.192. The second kappa shape index (κ2) is 8.09. The predicted octanol–water partition coefficient (Wildman–Crippen LogP) is 1.28.